The molecule has 0 radical (unpaired) electrons. The fraction of sp³-hybridized carbons (Fsp3) is 0.222. The quantitative estimate of drug-likeness (QED) is 0.754. The molecule has 0 spiro atoms. The predicted octanol–water partition coefficient (Wildman–Crippen LogP) is 4.18. The van der Waals surface area contributed by atoms with E-state index >= 15 is 0 Å². The van der Waals surface area contributed by atoms with Crippen LogP contribution in [0.25, 0.3) is 0 Å². The molecular formula is C18H18BrN3OS. The summed E-state index contributed by atoms with van der Waals surface area (Å²) in [6.07, 6.45) is 2.41. The maximum absolute atomic E-state index is 12.2. The zero-order valence-corrected chi connectivity index (χ0v) is 15.5. The van der Waals surface area contributed by atoms with Gasteiger partial charge >= 0.3 is 0 Å². The fourth-order valence-corrected chi connectivity index (χ4v) is 3.21. The smallest absolute Gasteiger partial charge is 0.257 e. The number of hydrogen-bond acceptors (Lipinski definition) is 3. The maximum Gasteiger partial charge on any atom is 0.257 e. The summed E-state index contributed by atoms with van der Waals surface area (Å²) in [4.78, 5) is 14.6. The van der Waals surface area contributed by atoms with E-state index in [9.17, 15) is 4.79 Å². The van der Waals surface area contributed by atoms with Crippen molar-refractivity contribution < 1.29 is 4.79 Å². The molecule has 0 atom stereocenters. The van der Waals surface area contributed by atoms with E-state index < -0.39 is 0 Å². The number of amides is 1. The van der Waals surface area contributed by atoms with Gasteiger partial charge in [0.25, 0.3) is 5.91 Å². The summed E-state index contributed by atoms with van der Waals surface area (Å²) in [6, 6.07) is 15.2. The van der Waals surface area contributed by atoms with Gasteiger partial charge in [-0.3, -0.25) is 10.1 Å². The van der Waals surface area contributed by atoms with E-state index in [1.54, 1.807) is 12.1 Å². The number of rotatable bonds is 3. The van der Waals surface area contributed by atoms with Crippen molar-refractivity contribution in [2.75, 3.05) is 23.3 Å². The molecule has 124 valence electrons. The number of carbonyl (C=O) groups excluding carboxylic acids is 1. The normalized spacial score (nSPS) is 13.6. The van der Waals surface area contributed by atoms with Gasteiger partial charge in [-0.15, -0.1) is 0 Å². The third-order valence-corrected chi connectivity index (χ3v) is 4.67. The van der Waals surface area contributed by atoms with Crippen LogP contribution >= 0.6 is 28.1 Å². The van der Waals surface area contributed by atoms with Crippen molar-refractivity contribution in [3.63, 3.8) is 0 Å². The van der Waals surface area contributed by atoms with E-state index in [-0.39, 0.29) is 5.91 Å². The summed E-state index contributed by atoms with van der Waals surface area (Å²) < 4.78 is 0.930. The van der Waals surface area contributed by atoms with Crippen LogP contribution in [0, 0.1) is 0 Å². The standard InChI is InChI=1S/C18H18BrN3OS/c19-14-9-7-13(8-10-14)17(23)21-18(24)20-15-5-1-2-6-16(15)22-11-3-4-12-22/h1-2,5-10H,3-4,11-12H2,(H2,20,21,23,24). The van der Waals surface area contributed by atoms with Gasteiger partial charge in [-0.2, -0.15) is 0 Å². The summed E-state index contributed by atoms with van der Waals surface area (Å²) >= 11 is 8.66. The Balaban J connectivity index is 1.66. The highest BCUT2D eigenvalue weighted by molar-refractivity contribution is 9.10. The Kier molecular flexibility index (Phi) is 5.48. The average Bonchev–Trinajstić information content (AvgIpc) is 3.10. The number of thiocarbonyl (C=S) groups is 1. The van der Waals surface area contributed by atoms with Crippen LogP contribution in [0.1, 0.15) is 23.2 Å². The van der Waals surface area contributed by atoms with Gasteiger partial charge in [0.05, 0.1) is 11.4 Å². The van der Waals surface area contributed by atoms with Crippen molar-refractivity contribution in [1.29, 1.82) is 0 Å². The first-order valence-corrected chi connectivity index (χ1v) is 9.05. The van der Waals surface area contributed by atoms with Crippen molar-refractivity contribution in [2.45, 2.75) is 12.8 Å². The molecule has 24 heavy (non-hydrogen) atoms. The second kappa shape index (κ2) is 7.77. The molecule has 1 saturated heterocycles. The first kappa shape index (κ1) is 16.9. The number of benzene rings is 2. The summed E-state index contributed by atoms with van der Waals surface area (Å²) in [6.45, 7) is 2.10. The van der Waals surface area contributed by atoms with E-state index in [1.807, 2.05) is 30.3 Å². The molecule has 1 aliphatic heterocycles. The van der Waals surface area contributed by atoms with Crippen LogP contribution in [0.4, 0.5) is 11.4 Å². The van der Waals surface area contributed by atoms with E-state index in [2.05, 4.69) is 37.5 Å². The van der Waals surface area contributed by atoms with Crippen LogP contribution in [0.3, 0.4) is 0 Å². The van der Waals surface area contributed by atoms with Crippen molar-refractivity contribution in [2.24, 2.45) is 0 Å². The van der Waals surface area contributed by atoms with Gasteiger partial charge in [-0.05, 0) is 61.5 Å². The molecule has 0 saturated carbocycles. The zero-order chi connectivity index (χ0) is 16.9. The summed E-state index contributed by atoms with van der Waals surface area (Å²) in [5, 5.41) is 6.18. The minimum atomic E-state index is -0.223. The van der Waals surface area contributed by atoms with Gasteiger partial charge in [0.2, 0.25) is 0 Å². The topological polar surface area (TPSA) is 44.4 Å². The molecule has 1 fully saturated rings. The number of nitrogens with one attached hydrogen (secondary N) is 2. The molecule has 1 amide bonds. The number of hydrogen-bond donors (Lipinski definition) is 2. The van der Waals surface area contributed by atoms with Crippen LogP contribution in [-0.4, -0.2) is 24.1 Å². The molecular weight excluding hydrogens is 386 g/mol. The van der Waals surface area contributed by atoms with Crippen molar-refractivity contribution in [3.8, 4) is 0 Å². The van der Waals surface area contributed by atoms with Gasteiger partial charge in [0.1, 0.15) is 0 Å². The maximum atomic E-state index is 12.2. The molecule has 2 N–H and O–H groups in total. The second-order valence-corrected chi connectivity index (χ2v) is 6.95. The minimum absolute atomic E-state index is 0.223. The second-order valence-electron chi connectivity index (χ2n) is 5.63. The fourth-order valence-electron chi connectivity index (χ4n) is 2.74. The Morgan fingerprint density at radius 2 is 1.71 bits per heavy atom. The zero-order valence-electron chi connectivity index (χ0n) is 13.1. The van der Waals surface area contributed by atoms with E-state index in [0.717, 1.165) is 28.9 Å². The highest BCUT2D eigenvalue weighted by Gasteiger charge is 2.16. The van der Waals surface area contributed by atoms with Gasteiger partial charge in [-0.1, -0.05) is 28.1 Å². The van der Waals surface area contributed by atoms with E-state index in [4.69, 9.17) is 12.2 Å². The number of anilines is 2. The Morgan fingerprint density at radius 1 is 1.04 bits per heavy atom. The van der Waals surface area contributed by atoms with E-state index in [1.165, 1.54) is 12.8 Å². The third kappa shape index (κ3) is 4.13. The highest BCUT2D eigenvalue weighted by Crippen LogP contribution is 2.28. The average molecular weight is 404 g/mol. The Labute approximate surface area is 155 Å². The monoisotopic (exact) mass is 403 g/mol. The Hall–Kier alpha value is -1.92. The molecule has 1 heterocycles. The van der Waals surface area contributed by atoms with Gasteiger partial charge in [-0.25, -0.2) is 0 Å². The molecule has 6 heteroatoms. The summed E-state index contributed by atoms with van der Waals surface area (Å²) in [5.74, 6) is -0.223. The number of para-hydroxylation sites is 2. The van der Waals surface area contributed by atoms with Crippen LogP contribution in [0.2, 0.25) is 0 Å². The Morgan fingerprint density at radius 3 is 2.42 bits per heavy atom. The molecule has 0 bridgehead atoms. The van der Waals surface area contributed by atoms with Crippen molar-refractivity contribution in [1.82, 2.24) is 5.32 Å². The van der Waals surface area contributed by atoms with Crippen molar-refractivity contribution >= 4 is 50.5 Å². The Bertz CT molecular complexity index is 742. The predicted molar refractivity (Wildman–Crippen MR) is 106 cm³/mol. The molecule has 2 aromatic carbocycles. The van der Waals surface area contributed by atoms with Gasteiger partial charge in [0, 0.05) is 23.1 Å². The lowest BCUT2D eigenvalue weighted by Crippen LogP contribution is -2.34. The van der Waals surface area contributed by atoms with E-state index in [0.29, 0.717) is 10.7 Å². The highest BCUT2D eigenvalue weighted by atomic mass is 79.9. The lowest BCUT2D eigenvalue weighted by molar-refractivity contribution is 0.0977. The molecule has 0 aliphatic carbocycles. The number of halogens is 1. The molecule has 4 nitrogen and oxygen atoms in total. The molecule has 3 rings (SSSR count). The van der Waals surface area contributed by atoms with Crippen molar-refractivity contribution in [3.05, 3.63) is 58.6 Å². The molecule has 2 aromatic rings. The summed E-state index contributed by atoms with van der Waals surface area (Å²) in [5.41, 5.74) is 2.60. The molecule has 1 aliphatic rings. The van der Waals surface area contributed by atoms with Crippen LogP contribution in [0.15, 0.2) is 53.0 Å². The summed E-state index contributed by atoms with van der Waals surface area (Å²) in [7, 11) is 0. The van der Waals surface area contributed by atoms with Crippen LogP contribution in [-0.2, 0) is 0 Å². The number of carbonyl (C=O) groups is 1. The first-order valence-electron chi connectivity index (χ1n) is 7.85. The third-order valence-electron chi connectivity index (χ3n) is 3.93. The SMILES string of the molecule is O=C(NC(=S)Nc1ccccc1N1CCCC1)c1ccc(Br)cc1. The molecule has 0 unspecified atom stereocenters. The van der Waals surface area contributed by atoms with Gasteiger partial charge < -0.3 is 10.2 Å². The minimum Gasteiger partial charge on any atom is -0.370 e. The van der Waals surface area contributed by atoms with Crippen LogP contribution < -0.4 is 15.5 Å². The molecule has 0 aromatic heterocycles. The lowest BCUT2D eigenvalue weighted by Gasteiger charge is -2.22. The van der Waals surface area contributed by atoms with Gasteiger partial charge in [0.15, 0.2) is 5.11 Å². The first-order chi connectivity index (χ1) is 11.6. The lowest BCUT2D eigenvalue weighted by atomic mass is 10.2. The number of nitrogens with zero attached hydrogens (tertiary/aromatic N) is 1. The van der Waals surface area contributed by atoms with Crippen LogP contribution in [0.5, 0.6) is 0 Å². The largest absolute Gasteiger partial charge is 0.370 e.